The van der Waals surface area contributed by atoms with Gasteiger partial charge in [-0.05, 0) is 37.1 Å². The third kappa shape index (κ3) is 8.02. The quantitative estimate of drug-likeness (QED) is 0.145. The number of alkyl halides is 3. The number of carboxylic acids is 1. The first-order valence-electron chi connectivity index (χ1n) is 12.2. The Kier molecular flexibility index (Phi) is 10.0. The summed E-state index contributed by atoms with van der Waals surface area (Å²) in [4.78, 5) is 46.0. The molecule has 2 unspecified atom stereocenters. The summed E-state index contributed by atoms with van der Waals surface area (Å²) in [6, 6.07) is 14.2. The zero-order chi connectivity index (χ0) is 30.3. The monoisotopic (exact) mass is 593 g/mol. The second-order valence-corrected chi connectivity index (χ2v) is 10.0. The molecule has 11 nitrogen and oxygen atoms in total. The van der Waals surface area contributed by atoms with E-state index in [9.17, 15) is 32.9 Å². The molecule has 1 saturated carbocycles. The molecule has 0 saturated heterocycles. The molecule has 0 aliphatic heterocycles. The second-order valence-electron chi connectivity index (χ2n) is 9.00. The van der Waals surface area contributed by atoms with E-state index in [-0.39, 0.29) is 39.5 Å². The summed E-state index contributed by atoms with van der Waals surface area (Å²) in [5.74, 6) is -3.56. The minimum absolute atomic E-state index is 0.0636. The van der Waals surface area contributed by atoms with Gasteiger partial charge in [-0.2, -0.15) is 13.2 Å². The minimum atomic E-state index is -5.08. The van der Waals surface area contributed by atoms with Crippen LogP contribution >= 0.6 is 11.3 Å². The summed E-state index contributed by atoms with van der Waals surface area (Å²) in [6.07, 6.45) is -1.45. The Hall–Kier alpha value is -4.50. The summed E-state index contributed by atoms with van der Waals surface area (Å²) in [5.41, 5.74) is 13.7. The Labute approximate surface area is 235 Å². The van der Waals surface area contributed by atoms with Crippen LogP contribution in [-0.4, -0.2) is 45.9 Å². The predicted octanol–water partition coefficient (Wildman–Crippen LogP) is 4.85. The molecule has 1 fully saturated rings. The van der Waals surface area contributed by atoms with Gasteiger partial charge < -0.3 is 27.2 Å². The first kappa shape index (κ1) is 31.0. The molecule has 7 N–H and O–H groups in total. The molecule has 41 heavy (non-hydrogen) atoms. The second kappa shape index (κ2) is 13.2. The van der Waals surface area contributed by atoms with Crippen molar-refractivity contribution in [2.75, 3.05) is 11.1 Å². The topological polar surface area (TPSA) is 191 Å². The van der Waals surface area contributed by atoms with Crippen LogP contribution < -0.4 is 22.1 Å². The lowest BCUT2D eigenvalue weighted by Crippen LogP contribution is -2.49. The Morgan fingerprint density at radius 2 is 1.61 bits per heavy atom. The number of nitro benzene ring substituents is 1. The van der Waals surface area contributed by atoms with E-state index >= 15 is 0 Å². The third-order valence-corrected chi connectivity index (χ3v) is 7.25. The summed E-state index contributed by atoms with van der Waals surface area (Å²) >= 11 is 1.07. The molecule has 1 heterocycles. The zero-order valence-corrected chi connectivity index (χ0v) is 22.1. The van der Waals surface area contributed by atoms with Crippen molar-refractivity contribution in [3.8, 4) is 0 Å². The lowest BCUT2D eigenvalue weighted by atomic mass is 9.91. The third-order valence-electron chi connectivity index (χ3n) is 6.13. The molecule has 3 aromatic rings. The molecule has 0 bridgehead atoms. The first-order valence-corrected chi connectivity index (χ1v) is 13.0. The summed E-state index contributed by atoms with van der Waals surface area (Å²) in [6.45, 7) is 0. The number of nitrogen functional groups attached to an aromatic ring is 1. The van der Waals surface area contributed by atoms with Gasteiger partial charge in [0.25, 0.3) is 11.6 Å². The summed E-state index contributed by atoms with van der Waals surface area (Å²) in [5, 5.41) is 24.7. The van der Waals surface area contributed by atoms with Gasteiger partial charge in [0, 0.05) is 35.5 Å². The lowest BCUT2D eigenvalue weighted by Gasteiger charge is -2.29. The smallest absolute Gasteiger partial charge is 0.475 e. The van der Waals surface area contributed by atoms with Gasteiger partial charge >= 0.3 is 12.1 Å². The van der Waals surface area contributed by atoms with Crippen LogP contribution in [0.5, 0.6) is 0 Å². The number of hydrogen-bond acceptors (Lipinski definition) is 9. The average Bonchev–Trinajstić information content (AvgIpc) is 3.25. The highest BCUT2D eigenvalue weighted by molar-refractivity contribution is 7.19. The maximum Gasteiger partial charge on any atom is 0.490 e. The zero-order valence-electron chi connectivity index (χ0n) is 21.3. The van der Waals surface area contributed by atoms with Crippen LogP contribution in [0, 0.1) is 10.1 Å². The van der Waals surface area contributed by atoms with Crippen LogP contribution in [-0.2, 0) is 4.79 Å². The molecule has 0 spiro atoms. The van der Waals surface area contributed by atoms with Crippen LogP contribution in [0.25, 0.3) is 0 Å². The molecule has 1 aliphatic carbocycles. The minimum Gasteiger partial charge on any atom is -0.475 e. The molecule has 4 rings (SSSR count). The summed E-state index contributed by atoms with van der Waals surface area (Å²) in [7, 11) is 0. The van der Waals surface area contributed by atoms with Crippen molar-refractivity contribution >= 4 is 51.1 Å². The van der Waals surface area contributed by atoms with Gasteiger partial charge in [0.15, 0.2) is 0 Å². The van der Waals surface area contributed by atoms with Crippen molar-refractivity contribution in [1.29, 1.82) is 0 Å². The number of carboxylic acid groups (broad SMARTS) is 1. The fourth-order valence-corrected chi connectivity index (χ4v) is 5.12. The largest absolute Gasteiger partial charge is 0.490 e. The van der Waals surface area contributed by atoms with Gasteiger partial charge in [-0.15, -0.1) is 11.3 Å². The number of hydrogen-bond donors (Lipinski definition) is 5. The normalized spacial score (nSPS) is 16.6. The van der Waals surface area contributed by atoms with Crippen molar-refractivity contribution in [2.24, 2.45) is 5.73 Å². The first-order chi connectivity index (χ1) is 19.3. The molecule has 218 valence electrons. The Morgan fingerprint density at radius 1 is 1.02 bits per heavy atom. The van der Waals surface area contributed by atoms with E-state index in [1.807, 2.05) is 30.3 Å². The van der Waals surface area contributed by atoms with Crippen molar-refractivity contribution in [3.05, 3.63) is 80.7 Å². The van der Waals surface area contributed by atoms with Crippen LogP contribution in [0.1, 0.15) is 51.3 Å². The van der Waals surface area contributed by atoms with E-state index in [1.54, 1.807) is 0 Å². The molecule has 1 amide bonds. The number of nitro groups is 1. The van der Waals surface area contributed by atoms with Crippen molar-refractivity contribution < 1.29 is 37.6 Å². The van der Waals surface area contributed by atoms with Gasteiger partial charge in [0.1, 0.15) is 9.88 Å². The number of ketones is 1. The molecule has 15 heteroatoms. The Bertz CT molecular complexity index is 1410. The number of carbonyl (C=O) groups excluding carboxylic acids is 2. The van der Waals surface area contributed by atoms with E-state index in [2.05, 4.69) is 10.6 Å². The number of nitrogens with zero attached hydrogens (tertiary/aromatic N) is 1. The highest BCUT2D eigenvalue weighted by Crippen LogP contribution is 2.39. The number of non-ortho nitro benzene ring substituents is 1. The van der Waals surface area contributed by atoms with Crippen LogP contribution in [0.3, 0.4) is 0 Å². The maximum absolute atomic E-state index is 13.3. The molecule has 2 aromatic carbocycles. The van der Waals surface area contributed by atoms with Crippen LogP contribution in [0.15, 0.2) is 54.6 Å². The van der Waals surface area contributed by atoms with Crippen molar-refractivity contribution in [2.45, 2.75) is 43.9 Å². The number of para-hydroxylation sites is 1. The fraction of sp³-hybridized carbons (Fsp3) is 0.269. The average molecular weight is 594 g/mol. The number of nitrogens with one attached hydrogen (secondary N) is 2. The van der Waals surface area contributed by atoms with Crippen molar-refractivity contribution in [1.82, 2.24) is 5.32 Å². The number of aliphatic carboxylic acids is 1. The highest BCUT2D eigenvalue weighted by atomic mass is 32.1. The van der Waals surface area contributed by atoms with Gasteiger partial charge in [0.2, 0.25) is 5.78 Å². The van der Waals surface area contributed by atoms with Gasteiger partial charge in [-0.1, -0.05) is 31.0 Å². The molecule has 1 aromatic heterocycles. The number of nitrogens with two attached hydrogens (primary N) is 2. The van der Waals surface area contributed by atoms with E-state index < -0.39 is 28.8 Å². The van der Waals surface area contributed by atoms with E-state index in [4.69, 9.17) is 21.4 Å². The Morgan fingerprint density at radius 3 is 2.15 bits per heavy atom. The standard InChI is InChI=1S/C24H25N5O4S.C2HF3O2/c25-17-8-4-5-9-18(17)28-23(31)19-20(26)22(34-24(19)27-15-6-2-1-3-7-15)21(30)14-10-12-16(13-11-14)29(32)33;3-2(4,5)1(6)7/h1-3,6-7,10-13,17-18,27H,4-5,8-9,25-26H2,(H,28,31);(H,6,7). The van der Waals surface area contributed by atoms with E-state index in [1.165, 1.54) is 24.3 Å². The number of halogens is 3. The molecule has 1 aliphatic rings. The molecular weight excluding hydrogens is 567 g/mol. The van der Waals surface area contributed by atoms with Gasteiger partial charge in [0.05, 0.1) is 16.2 Å². The SMILES string of the molecule is Nc1c(C(=O)c2ccc([N+](=O)[O-])cc2)sc(Nc2ccccc2)c1C(=O)NC1CCCCC1N.O=C(O)C(F)(F)F. The fourth-order valence-electron chi connectivity index (χ4n) is 4.02. The number of carbonyl (C=O) groups is 3. The highest BCUT2D eigenvalue weighted by Gasteiger charge is 2.38. The molecule has 0 radical (unpaired) electrons. The molecular formula is C26H26F3N5O6S. The van der Waals surface area contributed by atoms with E-state index in [0.717, 1.165) is 42.7 Å². The Balaban J connectivity index is 0.000000587. The maximum atomic E-state index is 13.3. The van der Waals surface area contributed by atoms with Gasteiger partial charge in [-0.3, -0.25) is 19.7 Å². The van der Waals surface area contributed by atoms with Gasteiger partial charge in [-0.25, -0.2) is 4.79 Å². The lowest BCUT2D eigenvalue weighted by molar-refractivity contribution is -0.384. The predicted molar refractivity (Wildman–Crippen MR) is 146 cm³/mol. The number of rotatable bonds is 7. The van der Waals surface area contributed by atoms with Crippen LogP contribution in [0.4, 0.5) is 35.2 Å². The number of thiophene rings is 1. The number of amides is 1. The number of benzene rings is 2. The number of anilines is 3. The summed E-state index contributed by atoms with van der Waals surface area (Å²) < 4.78 is 31.7. The van der Waals surface area contributed by atoms with Crippen molar-refractivity contribution in [3.63, 3.8) is 0 Å². The molecule has 2 atom stereocenters. The van der Waals surface area contributed by atoms with E-state index in [0.29, 0.717) is 5.00 Å². The van der Waals surface area contributed by atoms with Crippen LogP contribution in [0.2, 0.25) is 0 Å².